The van der Waals surface area contributed by atoms with E-state index < -0.39 is 0 Å². The van der Waals surface area contributed by atoms with Crippen molar-refractivity contribution < 1.29 is 5.11 Å². The van der Waals surface area contributed by atoms with E-state index in [0.717, 1.165) is 30.9 Å². The lowest BCUT2D eigenvalue weighted by molar-refractivity contribution is 0.127. The van der Waals surface area contributed by atoms with Crippen LogP contribution < -0.4 is 5.32 Å². The van der Waals surface area contributed by atoms with E-state index in [9.17, 15) is 5.11 Å². The van der Waals surface area contributed by atoms with Crippen LogP contribution in [-0.2, 0) is 0 Å². The van der Waals surface area contributed by atoms with Crippen molar-refractivity contribution in [2.45, 2.75) is 26.7 Å². The molecule has 0 saturated carbocycles. The Hall–Kier alpha value is -1.55. The number of imidazole rings is 1. The van der Waals surface area contributed by atoms with Crippen molar-refractivity contribution in [2.24, 2.45) is 5.41 Å². The fraction of sp³-hybridized carbons (Fsp3) is 0.500. The van der Waals surface area contributed by atoms with E-state index in [4.69, 9.17) is 0 Å². The number of pyridine rings is 1. The lowest BCUT2D eigenvalue weighted by atomic mass is 9.83. The predicted octanol–water partition coefficient (Wildman–Crippen LogP) is 2.54. The molecule has 0 saturated heterocycles. The van der Waals surface area contributed by atoms with Crippen molar-refractivity contribution in [1.29, 1.82) is 0 Å². The largest absolute Gasteiger partial charge is 0.396 e. The molecule has 98 valence electrons. The van der Waals surface area contributed by atoms with Gasteiger partial charge in [-0.2, -0.15) is 0 Å². The zero-order valence-electron chi connectivity index (χ0n) is 11.1. The van der Waals surface area contributed by atoms with Gasteiger partial charge < -0.3 is 10.4 Å². The normalized spacial score (nSPS) is 11.9. The van der Waals surface area contributed by atoms with Crippen LogP contribution in [0.5, 0.6) is 0 Å². The highest BCUT2D eigenvalue weighted by atomic mass is 16.3. The molecule has 0 unspecified atom stereocenters. The van der Waals surface area contributed by atoms with Gasteiger partial charge in [0, 0.05) is 24.4 Å². The summed E-state index contributed by atoms with van der Waals surface area (Å²) in [6, 6.07) is 6.00. The van der Waals surface area contributed by atoms with Crippen LogP contribution in [0.1, 0.15) is 26.7 Å². The number of nitrogens with one attached hydrogen (secondary N) is 1. The Balaban J connectivity index is 2.17. The van der Waals surface area contributed by atoms with Crippen molar-refractivity contribution in [1.82, 2.24) is 9.38 Å². The smallest absolute Gasteiger partial charge is 0.138 e. The van der Waals surface area contributed by atoms with Crippen molar-refractivity contribution in [3.8, 4) is 0 Å². The summed E-state index contributed by atoms with van der Waals surface area (Å²) in [5, 5.41) is 13.0. The molecule has 2 N–H and O–H groups in total. The van der Waals surface area contributed by atoms with Gasteiger partial charge >= 0.3 is 0 Å². The van der Waals surface area contributed by atoms with Crippen LogP contribution in [0.2, 0.25) is 0 Å². The number of aliphatic hydroxyl groups is 1. The van der Waals surface area contributed by atoms with E-state index in [1.54, 1.807) is 6.20 Å². The molecular weight excluding hydrogens is 226 g/mol. The minimum absolute atomic E-state index is 0.0389. The topological polar surface area (TPSA) is 49.6 Å². The van der Waals surface area contributed by atoms with E-state index in [-0.39, 0.29) is 12.0 Å². The molecule has 0 aliphatic carbocycles. The second-order valence-corrected chi connectivity index (χ2v) is 4.79. The monoisotopic (exact) mass is 247 g/mol. The third-order valence-corrected chi connectivity index (χ3v) is 3.91. The van der Waals surface area contributed by atoms with Crippen molar-refractivity contribution in [2.75, 3.05) is 18.5 Å². The Bertz CT molecular complexity index is 494. The van der Waals surface area contributed by atoms with Crippen molar-refractivity contribution in [3.63, 3.8) is 0 Å². The van der Waals surface area contributed by atoms with Gasteiger partial charge in [0.2, 0.25) is 0 Å². The Morgan fingerprint density at radius 2 is 2.11 bits per heavy atom. The quantitative estimate of drug-likeness (QED) is 0.824. The van der Waals surface area contributed by atoms with Gasteiger partial charge in [-0.1, -0.05) is 19.9 Å². The molecule has 0 spiro atoms. The SMILES string of the molecule is CCC(CC)(CO)CNc1cccc2nccn12. The first-order chi connectivity index (χ1) is 8.74. The number of anilines is 1. The summed E-state index contributed by atoms with van der Waals surface area (Å²) in [6.07, 6.45) is 5.66. The summed E-state index contributed by atoms with van der Waals surface area (Å²) in [5.74, 6) is 1.02. The lowest BCUT2D eigenvalue weighted by Gasteiger charge is -2.30. The summed E-state index contributed by atoms with van der Waals surface area (Å²) in [6.45, 7) is 5.24. The van der Waals surface area contributed by atoms with Crippen LogP contribution in [0, 0.1) is 5.41 Å². The first-order valence-corrected chi connectivity index (χ1v) is 6.51. The molecule has 0 radical (unpaired) electrons. The first-order valence-electron chi connectivity index (χ1n) is 6.51. The van der Waals surface area contributed by atoms with Gasteiger partial charge in [-0.25, -0.2) is 4.98 Å². The van der Waals surface area contributed by atoms with Crippen molar-refractivity contribution >= 4 is 11.5 Å². The number of nitrogens with zero attached hydrogens (tertiary/aromatic N) is 2. The highest BCUT2D eigenvalue weighted by Crippen LogP contribution is 2.26. The van der Waals surface area contributed by atoms with Crippen LogP contribution in [0.3, 0.4) is 0 Å². The molecule has 2 aromatic heterocycles. The Kier molecular flexibility index (Phi) is 3.87. The van der Waals surface area contributed by atoms with E-state index in [2.05, 4.69) is 24.1 Å². The Morgan fingerprint density at radius 3 is 2.78 bits per heavy atom. The van der Waals surface area contributed by atoms with Crippen LogP contribution in [0.15, 0.2) is 30.6 Å². The molecule has 2 aromatic rings. The van der Waals surface area contributed by atoms with Gasteiger partial charge in [0.25, 0.3) is 0 Å². The van der Waals surface area contributed by atoms with E-state index in [1.165, 1.54) is 0 Å². The maximum Gasteiger partial charge on any atom is 0.138 e. The van der Waals surface area contributed by atoms with Gasteiger partial charge in [0.15, 0.2) is 0 Å². The molecule has 0 aliphatic rings. The Labute approximate surface area is 108 Å². The number of hydrogen-bond donors (Lipinski definition) is 2. The van der Waals surface area contributed by atoms with Crippen LogP contribution >= 0.6 is 0 Å². The highest BCUT2D eigenvalue weighted by Gasteiger charge is 2.25. The summed E-state index contributed by atoms with van der Waals surface area (Å²) in [4.78, 5) is 4.26. The average Bonchev–Trinajstić information content (AvgIpc) is 2.90. The number of hydrogen-bond acceptors (Lipinski definition) is 3. The standard InChI is InChI=1S/C14H21N3O/c1-3-14(4-2,11-18)10-16-13-7-5-6-12-15-8-9-17(12)13/h5-9,16,18H,3-4,10-11H2,1-2H3. The van der Waals surface area contributed by atoms with Crippen molar-refractivity contribution in [3.05, 3.63) is 30.6 Å². The molecule has 18 heavy (non-hydrogen) atoms. The molecule has 0 aromatic carbocycles. The molecule has 4 heteroatoms. The number of fused-ring (bicyclic) bond motifs is 1. The average molecular weight is 247 g/mol. The molecule has 0 fully saturated rings. The lowest BCUT2D eigenvalue weighted by Crippen LogP contribution is -2.32. The summed E-state index contributed by atoms with van der Waals surface area (Å²) >= 11 is 0. The highest BCUT2D eigenvalue weighted by molar-refractivity contribution is 5.49. The van der Waals surface area contributed by atoms with E-state index >= 15 is 0 Å². The minimum Gasteiger partial charge on any atom is -0.396 e. The molecule has 0 bridgehead atoms. The van der Waals surface area contributed by atoms with E-state index in [1.807, 2.05) is 28.8 Å². The Morgan fingerprint density at radius 1 is 1.33 bits per heavy atom. The van der Waals surface area contributed by atoms with Gasteiger partial charge in [-0.15, -0.1) is 0 Å². The molecule has 0 amide bonds. The maximum atomic E-state index is 9.57. The zero-order valence-corrected chi connectivity index (χ0v) is 11.1. The van der Waals surface area contributed by atoms with Crippen LogP contribution in [0.25, 0.3) is 5.65 Å². The van der Waals surface area contributed by atoms with Crippen LogP contribution in [-0.4, -0.2) is 27.6 Å². The molecule has 2 rings (SSSR count). The molecule has 2 heterocycles. The van der Waals surface area contributed by atoms with Gasteiger partial charge in [-0.3, -0.25) is 4.40 Å². The zero-order chi connectivity index (χ0) is 13.0. The fourth-order valence-corrected chi connectivity index (χ4v) is 2.15. The molecular formula is C14H21N3O. The number of aliphatic hydroxyl groups excluding tert-OH is 1. The number of rotatable bonds is 6. The third kappa shape index (κ3) is 2.34. The predicted molar refractivity (Wildman–Crippen MR) is 73.8 cm³/mol. The van der Waals surface area contributed by atoms with Crippen LogP contribution in [0.4, 0.5) is 5.82 Å². The summed E-state index contributed by atoms with van der Waals surface area (Å²) in [5.41, 5.74) is 0.894. The minimum atomic E-state index is -0.0389. The molecule has 0 atom stereocenters. The van der Waals surface area contributed by atoms with E-state index in [0.29, 0.717) is 0 Å². The third-order valence-electron chi connectivity index (χ3n) is 3.91. The molecule has 0 aliphatic heterocycles. The first kappa shape index (κ1) is 12.9. The second kappa shape index (κ2) is 5.40. The molecule has 4 nitrogen and oxygen atoms in total. The summed E-state index contributed by atoms with van der Waals surface area (Å²) in [7, 11) is 0. The van der Waals surface area contributed by atoms with Gasteiger partial charge in [0.05, 0.1) is 6.61 Å². The van der Waals surface area contributed by atoms with Gasteiger partial charge in [-0.05, 0) is 25.0 Å². The summed E-state index contributed by atoms with van der Waals surface area (Å²) < 4.78 is 2.02. The fourth-order valence-electron chi connectivity index (χ4n) is 2.15. The van der Waals surface area contributed by atoms with Gasteiger partial charge in [0.1, 0.15) is 11.5 Å². The maximum absolute atomic E-state index is 9.57. The second-order valence-electron chi connectivity index (χ2n) is 4.79. The number of aromatic nitrogens is 2.